The Balaban J connectivity index is 1.79. The molecule has 0 aromatic carbocycles. The van der Waals surface area contributed by atoms with Gasteiger partial charge in [-0.3, -0.25) is 10.3 Å². The molecule has 90 valence electrons. The van der Waals surface area contributed by atoms with Crippen LogP contribution in [0.3, 0.4) is 0 Å². The topological polar surface area (TPSA) is 26.0 Å². The van der Waals surface area contributed by atoms with Crippen molar-refractivity contribution in [3.05, 3.63) is 0 Å². The Morgan fingerprint density at radius 1 is 1.31 bits per heavy atom. The molecule has 2 heteroatoms. The van der Waals surface area contributed by atoms with E-state index in [2.05, 4.69) is 31.1 Å². The Bertz CT molecular complexity index is 332. The van der Waals surface area contributed by atoms with Crippen molar-refractivity contribution in [2.45, 2.75) is 58.9 Å². The highest BCUT2D eigenvalue weighted by Gasteiger charge is 2.63. The zero-order valence-corrected chi connectivity index (χ0v) is 10.9. The van der Waals surface area contributed by atoms with Gasteiger partial charge in [0.05, 0.1) is 19.0 Å². The molecule has 3 aliphatic rings. The lowest BCUT2D eigenvalue weighted by Crippen LogP contribution is -2.73. The third-order valence-electron chi connectivity index (χ3n) is 6.08. The summed E-state index contributed by atoms with van der Waals surface area (Å²) in [6.45, 7) is 8.64. The molecule has 3 atom stereocenters. The first kappa shape index (κ1) is 10.6. The Morgan fingerprint density at radius 2 is 2.12 bits per heavy atom. The van der Waals surface area contributed by atoms with Crippen LogP contribution in [-0.2, 0) is 0 Å². The second-order valence-corrected chi connectivity index (χ2v) is 6.82. The van der Waals surface area contributed by atoms with E-state index in [0.29, 0.717) is 16.9 Å². The van der Waals surface area contributed by atoms with E-state index in [1.54, 1.807) is 0 Å². The van der Waals surface area contributed by atoms with Crippen LogP contribution in [-0.4, -0.2) is 18.4 Å². The fraction of sp³-hybridized carbons (Fsp3) is 0.929. The second-order valence-electron chi connectivity index (χ2n) is 6.82. The van der Waals surface area contributed by atoms with Gasteiger partial charge in [-0.25, -0.2) is 0 Å². The molecule has 0 radical (unpaired) electrons. The highest BCUT2D eigenvalue weighted by molar-refractivity contribution is 5.77. The summed E-state index contributed by atoms with van der Waals surface area (Å²) in [5, 5.41) is 3.81. The van der Waals surface area contributed by atoms with Crippen molar-refractivity contribution in [1.29, 1.82) is 0 Å². The molecule has 1 heterocycles. The Hall–Kier alpha value is -0.530. The van der Waals surface area contributed by atoms with E-state index in [1.807, 2.05) is 0 Å². The molecular formula is C14H25N2+. The van der Waals surface area contributed by atoms with Crippen LogP contribution in [0.4, 0.5) is 0 Å². The minimum atomic E-state index is 0.509. The van der Waals surface area contributed by atoms with Gasteiger partial charge in [0.25, 0.3) is 0 Å². The van der Waals surface area contributed by atoms with Crippen LogP contribution in [0.2, 0.25) is 0 Å². The monoisotopic (exact) mass is 221 g/mol. The molecule has 0 saturated heterocycles. The summed E-state index contributed by atoms with van der Waals surface area (Å²) in [6, 6.07) is 0.710. The van der Waals surface area contributed by atoms with Crippen molar-refractivity contribution in [2.75, 3.05) is 6.54 Å². The predicted octanol–water partition coefficient (Wildman–Crippen LogP) is 1.06. The zero-order chi connectivity index (χ0) is 11.4. The molecule has 0 aromatic heterocycles. The molecular weight excluding hydrogens is 196 g/mol. The quantitative estimate of drug-likeness (QED) is 0.680. The first-order valence-electron chi connectivity index (χ1n) is 6.90. The Labute approximate surface area is 98.9 Å². The van der Waals surface area contributed by atoms with Crippen LogP contribution in [0.5, 0.6) is 0 Å². The Kier molecular flexibility index (Phi) is 2.15. The van der Waals surface area contributed by atoms with E-state index in [-0.39, 0.29) is 0 Å². The largest absolute Gasteiger partial charge is 0.279 e. The van der Waals surface area contributed by atoms with Crippen LogP contribution in [0, 0.1) is 16.7 Å². The van der Waals surface area contributed by atoms with Gasteiger partial charge < -0.3 is 0 Å². The normalized spacial score (nSPS) is 44.8. The molecule has 0 spiro atoms. The first-order chi connectivity index (χ1) is 7.54. The van der Waals surface area contributed by atoms with Gasteiger partial charge in [-0.2, -0.15) is 0 Å². The fourth-order valence-electron chi connectivity index (χ4n) is 4.35. The molecule has 3 rings (SSSR count). The summed E-state index contributed by atoms with van der Waals surface area (Å²) in [5.74, 6) is 2.35. The van der Waals surface area contributed by atoms with Gasteiger partial charge in [-0.1, -0.05) is 20.8 Å². The molecule has 2 saturated carbocycles. The standard InChI is InChI=1S/C14H24N2/c1-13(2)10-6-7-14(13,3)11(9-10)16-12-5-4-8-15-12/h10-11H,4-9H2,1-3H3,(H,15,16)/p+1/t10-,11-,14+/m1/s1. The fourth-order valence-corrected chi connectivity index (χ4v) is 4.35. The molecule has 0 amide bonds. The van der Waals surface area contributed by atoms with E-state index in [4.69, 9.17) is 0 Å². The van der Waals surface area contributed by atoms with Crippen LogP contribution >= 0.6 is 0 Å². The van der Waals surface area contributed by atoms with E-state index in [9.17, 15) is 0 Å². The minimum absolute atomic E-state index is 0.509. The smallest absolute Gasteiger partial charge is 0.242 e. The van der Waals surface area contributed by atoms with E-state index >= 15 is 0 Å². The minimum Gasteiger partial charge on any atom is -0.279 e. The Morgan fingerprint density at radius 3 is 2.62 bits per heavy atom. The summed E-state index contributed by atoms with van der Waals surface area (Å²) in [5.41, 5.74) is 1.04. The lowest BCUT2D eigenvalue weighted by atomic mass is 9.69. The van der Waals surface area contributed by atoms with Gasteiger partial charge in [0.15, 0.2) is 0 Å². The maximum atomic E-state index is 3.81. The molecule has 0 aromatic rings. The third-order valence-corrected chi connectivity index (χ3v) is 6.08. The van der Waals surface area contributed by atoms with Gasteiger partial charge in [0, 0.05) is 5.41 Å². The van der Waals surface area contributed by atoms with E-state index in [1.165, 1.54) is 44.5 Å². The van der Waals surface area contributed by atoms with E-state index in [0.717, 1.165) is 5.92 Å². The molecule has 2 fully saturated rings. The van der Waals surface area contributed by atoms with Gasteiger partial charge in [-0.15, -0.1) is 0 Å². The number of nitrogens with one attached hydrogen (secondary N) is 2. The number of hydrogen-bond donors (Lipinski definition) is 2. The van der Waals surface area contributed by atoms with Crippen LogP contribution in [0.15, 0.2) is 0 Å². The first-order valence-corrected chi connectivity index (χ1v) is 6.90. The molecule has 1 aliphatic heterocycles. The maximum absolute atomic E-state index is 3.81. The summed E-state index contributed by atoms with van der Waals surface area (Å²) < 4.78 is 0. The molecule has 2 bridgehead atoms. The average Bonchev–Trinajstić information content (AvgIpc) is 2.84. The zero-order valence-electron chi connectivity index (χ0n) is 10.9. The van der Waals surface area contributed by atoms with Gasteiger partial charge in [0.2, 0.25) is 5.84 Å². The maximum Gasteiger partial charge on any atom is 0.242 e. The summed E-state index contributed by atoms with van der Waals surface area (Å²) in [4.78, 5) is 3.49. The highest BCUT2D eigenvalue weighted by Crippen LogP contribution is 2.65. The van der Waals surface area contributed by atoms with Gasteiger partial charge in [-0.05, 0) is 37.0 Å². The van der Waals surface area contributed by atoms with Crippen molar-refractivity contribution in [3.8, 4) is 0 Å². The molecule has 2 aliphatic carbocycles. The molecule has 2 nitrogen and oxygen atoms in total. The second kappa shape index (κ2) is 3.24. The van der Waals surface area contributed by atoms with Gasteiger partial charge in [0.1, 0.15) is 0 Å². The van der Waals surface area contributed by atoms with Crippen molar-refractivity contribution in [1.82, 2.24) is 5.32 Å². The third kappa shape index (κ3) is 1.22. The number of amidine groups is 1. The van der Waals surface area contributed by atoms with Gasteiger partial charge >= 0.3 is 0 Å². The van der Waals surface area contributed by atoms with Crippen molar-refractivity contribution >= 4 is 5.84 Å². The SMILES string of the molecule is CC1(C)[C@@H]2CC[C@@]1(C)[C@H](NC1=[NH+]CCC1)C2. The average molecular weight is 221 g/mol. The summed E-state index contributed by atoms with van der Waals surface area (Å²) in [7, 11) is 0. The number of rotatable bonds is 1. The molecule has 16 heavy (non-hydrogen) atoms. The number of hydrogen-bond acceptors (Lipinski definition) is 1. The highest BCUT2D eigenvalue weighted by atomic mass is 15.1. The lowest BCUT2D eigenvalue weighted by Gasteiger charge is -2.37. The summed E-state index contributed by atoms with van der Waals surface area (Å²) >= 11 is 0. The lowest BCUT2D eigenvalue weighted by molar-refractivity contribution is -0.449. The molecule has 0 unspecified atom stereocenters. The van der Waals surface area contributed by atoms with Crippen molar-refractivity contribution in [3.63, 3.8) is 0 Å². The van der Waals surface area contributed by atoms with E-state index < -0.39 is 0 Å². The van der Waals surface area contributed by atoms with Crippen LogP contribution < -0.4 is 10.3 Å². The molecule has 2 N–H and O–H groups in total. The van der Waals surface area contributed by atoms with Crippen molar-refractivity contribution in [2.24, 2.45) is 16.7 Å². The predicted molar refractivity (Wildman–Crippen MR) is 66.2 cm³/mol. The number of fused-ring (bicyclic) bond motifs is 2. The van der Waals surface area contributed by atoms with Crippen molar-refractivity contribution < 1.29 is 4.99 Å². The summed E-state index contributed by atoms with van der Waals surface area (Å²) in [6.07, 6.45) is 6.78. The van der Waals surface area contributed by atoms with Crippen LogP contribution in [0.25, 0.3) is 0 Å². The van der Waals surface area contributed by atoms with Crippen LogP contribution in [0.1, 0.15) is 52.9 Å².